The molecule has 1 N–H and O–H groups in total. The van der Waals surface area contributed by atoms with E-state index in [-0.39, 0.29) is 24.4 Å². The predicted molar refractivity (Wildman–Crippen MR) is 77.4 cm³/mol. The Bertz CT molecular complexity index is 299. The molecule has 7 heteroatoms. The van der Waals surface area contributed by atoms with E-state index in [2.05, 4.69) is 10.2 Å². The molecule has 2 aliphatic rings. The van der Waals surface area contributed by atoms with Gasteiger partial charge in [-0.3, -0.25) is 4.90 Å². The molecule has 5 atom stereocenters. The molecule has 0 aromatic rings. The zero-order valence-corrected chi connectivity index (χ0v) is 13.4. The lowest BCUT2D eigenvalue weighted by Crippen LogP contribution is -2.62. The number of hydrogen-bond donors (Lipinski definition) is 1. The van der Waals surface area contributed by atoms with Crippen molar-refractivity contribution in [1.29, 1.82) is 0 Å². The van der Waals surface area contributed by atoms with Gasteiger partial charge < -0.3 is 29.0 Å². The molecule has 0 bridgehead atoms. The van der Waals surface area contributed by atoms with Crippen molar-refractivity contribution >= 4 is 0 Å². The molecule has 2 saturated heterocycles. The molecule has 2 fully saturated rings. The van der Waals surface area contributed by atoms with E-state index in [9.17, 15) is 0 Å². The maximum atomic E-state index is 6.06. The molecule has 0 amide bonds. The Labute approximate surface area is 126 Å². The number of methoxy groups -OCH3 is 4. The van der Waals surface area contributed by atoms with Crippen molar-refractivity contribution in [2.24, 2.45) is 0 Å². The molecule has 2 aliphatic heterocycles. The summed E-state index contributed by atoms with van der Waals surface area (Å²) in [6.07, 6.45) is -1.24. The zero-order chi connectivity index (χ0) is 15.2. The Balaban J connectivity index is 2.06. The highest BCUT2D eigenvalue weighted by Crippen LogP contribution is 2.28. The van der Waals surface area contributed by atoms with Crippen LogP contribution in [0, 0.1) is 0 Å². The third kappa shape index (κ3) is 3.92. The van der Waals surface area contributed by atoms with Gasteiger partial charge in [0.1, 0.15) is 24.4 Å². The van der Waals surface area contributed by atoms with Gasteiger partial charge in [0.25, 0.3) is 0 Å². The van der Waals surface area contributed by atoms with E-state index in [0.29, 0.717) is 0 Å². The Morgan fingerprint density at radius 2 is 1.52 bits per heavy atom. The maximum absolute atomic E-state index is 6.06. The molecule has 0 aliphatic carbocycles. The van der Waals surface area contributed by atoms with Crippen LogP contribution >= 0.6 is 0 Å². The van der Waals surface area contributed by atoms with Crippen LogP contribution in [0.1, 0.15) is 0 Å². The fraction of sp³-hybridized carbons (Fsp3) is 1.00. The molecular weight excluding hydrogens is 276 g/mol. The average molecular weight is 304 g/mol. The van der Waals surface area contributed by atoms with Gasteiger partial charge in [-0.05, 0) is 0 Å². The summed E-state index contributed by atoms with van der Waals surface area (Å²) in [5.41, 5.74) is 0. The van der Waals surface area contributed by atoms with Crippen molar-refractivity contribution in [1.82, 2.24) is 10.2 Å². The van der Waals surface area contributed by atoms with Gasteiger partial charge in [0.15, 0.2) is 6.29 Å². The molecule has 7 nitrogen and oxygen atoms in total. The van der Waals surface area contributed by atoms with Crippen LogP contribution < -0.4 is 5.32 Å². The summed E-state index contributed by atoms with van der Waals surface area (Å²) >= 11 is 0. The number of piperazine rings is 1. The molecule has 21 heavy (non-hydrogen) atoms. The van der Waals surface area contributed by atoms with Gasteiger partial charge >= 0.3 is 0 Å². The third-order valence-electron chi connectivity index (χ3n) is 4.29. The molecular formula is C14H28N2O5. The van der Waals surface area contributed by atoms with Crippen LogP contribution in [0.4, 0.5) is 0 Å². The first-order chi connectivity index (χ1) is 10.2. The first-order valence-corrected chi connectivity index (χ1v) is 7.44. The van der Waals surface area contributed by atoms with Crippen molar-refractivity contribution < 1.29 is 23.7 Å². The summed E-state index contributed by atoms with van der Waals surface area (Å²) in [6.45, 7) is 4.84. The molecule has 0 aromatic carbocycles. The Morgan fingerprint density at radius 1 is 0.905 bits per heavy atom. The minimum absolute atomic E-state index is 0.102. The average Bonchev–Trinajstić information content (AvgIpc) is 2.54. The molecule has 0 unspecified atom stereocenters. The van der Waals surface area contributed by atoms with Gasteiger partial charge in [0.05, 0.1) is 0 Å². The van der Waals surface area contributed by atoms with Crippen LogP contribution in [-0.2, 0) is 23.7 Å². The first-order valence-electron chi connectivity index (χ1n) is 7.44. The third-order valence-corrected chi connectivity index (χ3v) is 4.29. The molecule has 2 heterocycles. The van der Waals surface area contributed by atoms with E-state index >= 15 is 0 Å². The second-order valence-electron chi connectivity index (χ2n) is 5.43. The number of rotatable bonds is 6. The molecule has 124 valence electrons. The van der Waals surface area contributed by atoms with Gasteiger partial charge in [-0.1, -0.05) is 0 Å². The Morgan fingerprint density at radius 3 is 2.05 bits per heavy atom. The topological polar surface area (TPSA) is 61.4 Å². The van der Waals surface area contributed by atoms with Crippen LogP contribution in [0.2, 0.25) is 0 Å². The zero-order valence-electron chi connectivity index (χ0n) is 13.4. The van der Waals surface area contributed by atoms with Crippen LogP contribution in [0.25, 0.3) is 0 Å². The standard InChI is InChI=1S/C14H28N2O5/c1-17-11-10(9-16-7-5-15-6-8-16)21-14(20-4)13(19-3)12(11)18-2/h10-15H,5-9H2,1-4H3/t10-,11-,12+,13+,14+/m1/s1. The first kappa shape index (κ1) is 17.1. The van der Waals surface area contributed by atoms with Gasteiger partial charge in [0.2, 0.25) is 0 Å². The lowest BCUT2D eigenvalue weighted by atomic mass is 9.97. The van der Waals surface area contributed by atoms with Gasteiger partial charge in [-0.25, -0.2) is 0 Å². The lowest BCUT2D eigenvalue weighted by Gasteiger charge is -2.45. The molecule has 2 rings (SSSR count). The number of ether oxygens (including phenoxy) is 5. The van der Waals surface area contributed by atoms with E-state index in [4.69, 9.17) is 23.7 Å². The Kier molecular flexibility index (Phi) is 6.81. The summed E-state index contributed by atoms with van der Waals surface area (Å²) < 4.78 is 28.2. The molecule has 0 radical (unpaired) electrons. The van der Waals surface area contributed by atoms with E-state index < -0.39 is 6.29 Å². The summed E-state index contributed by atoms with van der Waals surface area (Å²) in [6, 6.07) is 0. The summed E-state index contributed by atoms with van der Waals surface area (Å²) in [4.78, 5) is 2.37. The summed E-state index contributed by atoms with van der Waals surface area (Å²) in [7, 11) is 6.61. The van der Waals surface area contributed by atoms with Crippen LogP contribution in [0.3, 0.4) is 0 Å². The second kappa shape index (κ2) is 8.38. The normalized spacial score (nSPS) is 38.6. The second-order valence-corrected chi connectivity index (χ2v) is 5.43. The van der Waals surface area contributed by atoms with Gasteiger partial charge in [0, 0.05) is 61.2 Å². The van der Waals surface area contributed by atoms with Gasteiger partial charge in [-0.15, -0.1) is 0 Å². The Hall–Kier alpha value is -0.280. The molecule has 0 aromatic heterocycles. The van der Waals surface area contributed by atoms with Crippen molar-refractivity contribution in [2.45, 2.75) is 30.7 Å². The predicted octanol–water partition coefficient (Wildman–Crippen LogP) is -0.692. The van der Waals surface area contributed by atoms with E-state index in [1.807, 2.05) is 0 Å². The summed E-state index contributed by atoms with van der Waals surface area (Å²) in [5, 5.41) is 3.35. The lowest BCUT2D eigenvalue weighted by molar-refractivity contribution is -0.304. The van der Waals surface area contributed by atoms with Crippen molar-refractivity contribution in [3.05, 3.63) is 0 Å². The fourth-order valence-corrected chi connectivity index (χ4v) is 3.16. The SMILES string of the molecule is CO[C@H]1O[C@H](CN2CCNCC2)[C@@H](OC)[C@H](OC)[C@@H]1OC. The minimum Gasteiger partial charge on any atom is -0.376 e. The maximum Gasteiger partial charge on any atom is 0.186 e. The van der Waals surface area contributed by atoms with Crippen LogP contribution in [0.15, 0.2) is 0 Å². The van der Waals surface area contributed by atoms with Crippen molar-refractivity contribution in [3.63, 3.8) is 0 Å². The van der Waals surface area contributed by atoms with Crippen LogP contribution in [-0.4, -0.2) is 96.8 Å². The van der Waals surface area contributed by atoms with Gasteiger partial charge in [-0.2, -0.15) is 0 Å². The van der Waals surface area contributed by atoms with E-state index in [1.54, 1.807) is 28.4 Å². The molecule has 0 spiro atoms. The highest BCUT2D eigenvalue weighted by Gasteiger charge is 2.47. The van der Waals surface area contributed by atoms with E-state index in [1.165, 1.54) is 0 Å². The van der Waals surface area contributed by atoms with Crippen LogP contribution in [0.5, 0.6) is 0 Å². The van der Waals surface area contributed by atoms with Crippen molar-refractivity contribution in [2.75, 3.05) is 61.2 Å². The highest BCUT2D eigenvalue weighted by molar-refractivity contribution is 4.93. The van der Waals surface area contributed by atoms with E-state index in [0.717, 1.165) is 32.7 Å². The highest BCUT2D eigenvalue weighted by atomic mass is 16.7. The van der Waals surface area contributed by atoms with Crippen molar-refractivity contribution in [3.8, 4) is 0 Å². The monoisotopic (exact) mass is 304 g/mol. The minimum atomic E-state index is -0.445. The fourth-order valence-electron chi connectivity index (χ4n) is 3.16. The smallest absolute Gasteiger partial charge is 0.186 e. The largest absolute Gasteiger partial charge is 0.376 e. The number of nitrogens with one attached hydrogen (secondary N) is 1. The summed E-state index contributed by atoms with van der Waals surface area (Å²) in [5.74, 6) is 0. The quantitative estimate of drug-likeness (QED) is 0.697. The molecule has 0 saturated carbocycles. The number of nitrogens with zero attached hydrogens (tertiary/aromatic N) is 1. The number of hydrogen-bond acceptors (Lipinski definition) is 7.